The van der Waals surface area contributed by atoms with Gasteiger partial charge >= 0.3 is 0 Å². The van der Waals surface area contributed by atoms with Crippen LogP contribution >= 0.6 is 0 Å². The van der Waals surface area contributed by atoms with Gasteiger partial charge in [0.05, 0.1) is 18.3 Å². The summed E-state index contributed by atoms with van der Waals surface area (Å²) in [7, 11) is 0. The minimum atomic E-state index is 0.250. The molecular formula is C17H17N3O. The number of H-pyrrole nitrogens is 1. The van der Waals surface area contributed by atoms with Crippen LogP contribution in [-0.2, 0) is 6.42 Å². The van der Waals surface area contributed by atoms with Gasteiger partial charge in [-0.05, 0) is 48.4 Å². The first-order valence-electron chi connectivity index (χ1n) is 7.25. The van der Waals surface area contributed by atoms with E-state index >= 15 is 0 Å². The third kappa shape index (κ3) is 2.23. The molecule has 1 aliphatic heterocycles. The van der Waals surface area contributed by atoms with Crippen molar-refractivity contribution in [2.24, 2.45) is 0 Å². The number of rotatable bonds is 3. The topological polar surface area (TPSA) is 49.9 Å². The molecule has 0 amide bonds. The van der Waals surface area contributed by atoms with Crippen LogP contribution in [0.3, 0.4) is 0 Å². The first-order chi connectivity index (χ1) is 10.3. The quantitative estimate of drug-likeness (QED) is 0.769. The van der Waals surface area contributed by atoms with E-state index in [0.717, 1.165) is 35.4 Å². The number of nitrogens with one attached hydrogen (secondary N) is 2. The van der Waals surface area contributed by atoms with Crippen molar-refractivity contribution in [3.8, 4) is 5.75 Å². The van der Waals surface area contributed by atoms with Gasteiger partial charge in [0.1, 0.15) is 5.75 Å². The summed E-state index contributed by atoms with van der Waals surface area (Å²) in [6.45, 7) is 2.98. The average Bonchev–Trinajstić information content (AvgIpc) is 3.14. The van der Waals surface area contributed by atoms with Crippen LogP contribution in [0.5, 0.6) is 5.75 Å². The number of ether oxygens (including phenoxy) is 1. The van der Waals surface area contributed by atoms with Gasteiger partial charge in [-0.1, -0.05) is 6.07 Å². The monoisotopic (exact) mass is 279 g/mol. The Kier molecular flexibility index (Phi) is 2.81. The molecule has 2 N–H and O–H groups in total. The van der Waals surface area contributed by atoms with Gasteiger partial charge in [0, 0.05) is 23.5 Å². The van der Waals surface area contributed by atoms with Crippen LogP contribution in [-0.4, -0.2) is 16.8 Å². The number of hydrogen-bond acceptors (Lipinski definition) is 3. The van der Waals surface area contributed by atoms with E-state index in [9.17, 15) is 0 Å². The summed E-state index contributed by atoms with van der Waals surface area (Å²) in [5.74, 6) is 1.03. The van der Waals surface area contributed by atoms with Crippen molar-refractivity contribution in [1.29, 1.82) is 0 Å². The van der Waals surface area contributed by atoms with Crippen LogP contribution in [0.2, 0.25) is 0 Å². The number of anilines is 1. The molecule has 0 aliphatic carbocycles. The van der Waals surface area contributed by atoms with E-state index in [0.29, 0.717) is 0 Å². The number of aromatic amines is 1. The Balaban J connectivity index is 1.58. The zero-order chi connectivity index (χ0) is 14.2. The molecule has 0 fully saturated rings. The maximum absolute atomic E-state index is 5.56. The highest BCUT2D eigenvalue weighted by Crippen LogP contribution is 2.29. The Morgan fingerprint density at radius 2 is 2.19 bits per heavy atom. The molecule has 0 spiro atoms. The van der Waals surface area contributed by atoms with Crippen LogP contribution in [0.25, 0.3) is 10.9 Å². The summed E-state index contributed by atoms with van der Waals surface area (Å²) in [6, 6.07) is 13.0. The van der Waals surface area contributed by atoms with Crippen LogP contribution in [0.1, 0.15) is 24.1 Å². The minimum Gasteiger partial charge on any atom is -0.493 e. The molecule has 0 saturated heterocycles. The predicted octanol–water partition coefficient (Wildman–Crippen LogP) is 3.67. The average molecular weight is 279 g/mol. The molecule has 1 aliphatic rings. The fourth-order valence-electron chi connectivity index (χ4n) is 2.84. The van der Waals surface area contributed by atoms with Crippen LogP contribution in [0.15, 0.2) is 42.6 Å². The lowest BCUT2D eigenvalue weighted by Crippen LogP contribution is -2.06. The van der Waals surface area contributed by atoms with Gasteiger partial charge in [-0.15, -0.1) is 0 Å². The van der Waals surface area contributed by atoms with Gasteiger partial charge in [0.2, 0.25) is 0 Å². The van der Waals surface area contributed by atoms with Crippen molar-refractivity contribution in [2.45, 2.75) is 19.4 Å². The van der Waals surface area contributed by atoms with Crippen molar-refractivity contribution in [1.82, 2.24) is 10.2 Å². The molecule has 2 aromatic carbocycles. The first-order valence-corrected chi connectivity index (χ1v) is 7.25. The summed E-state index contributed by atoms with van der Waals surface area (Å²) in [4.78, 5) is 0. The van der Waals surface area contributed by atoms with Gasteiger partial charge in [-0.3, -0.25) is 5.10 Å². The fraction of sp³-hybridized carbons (Fsp3) is 0.235. The zero-order valence-corrected chi connectivity index (χ0v) is 11.9. The lowest BCUT2D eigenvalue weighted by molar-refractivity contribution is 0.357. The lowest BCUT2D eigenvalue weighted by Gasteiger charge is -2.16. The van der Waals surface area contributed by atoms with Gasteiger partial charge in [0.25, 0.3) is 0 Å². The van der Waals surface area contributed by atoms with E-state index in [1.165, 1.54) is 11.1 Å². The maximum Gasteiger partial charge on any atom is 0.122 e. The Morgan fingerprint density at radius 1 is 1.24 bits per heavy atom. The summed E-state index contributed by atoms with van der Waals surface area (Å²) in [5, 5.41) is 11.7. The number of aromatic nitrogens is 2. The molecule has 0 bridgehead atoms. The van der Waals surface area contributed by atoms with Gasteiger partial charge in [-0.2, -0.15) is 5.10 Å². The smallest absolute Gasteiger partial charge is 0.122 e. The highest BCUT2D eigenvalue weighted by molar-refractivity contribution is 5.81. The lowest BCUT2D eigenvalue weighted by atomic mass is 10.0. The summed E-state index contributed by atoms with van der Waals surface area (Å²) in [6.07, 6.45) is 2.86. The molecule has 1 aromatic heterocycles. The molecule has 1 atom stereocenters. The standard InChI is InChI=1S/C17H17N3O/c1-11(12-2-5-17-13(8-12)6-7-21-17)19-15-3-4-16-14(9-15)10-18-20-16/h2-5,8-11,19H,6-7H2,1H3,(H,18,20). The molecule has 21 heavy (non-hydrogen) atoms. The number of hydrogen-bond donors (Lipinski definition) is 2. The fourth-order valence-corrected chi connectivity index (χ4v) is 2.84. The van der Waals surface area contributed by atoms with E-state index in [-0.39, 0.29) is 6.04 Å². The molecule has 0 radical (unpaired) electrons. The van der Waals surface area contributed by atoms with E-state index in [1.807, 2.05) is 12.3 Å². The highest BCUT2D eigenvalue weighted by atomic mass is 16.5. The van der Waals surface area contributed by atoms with E-state index in [1.54, 1.807) is 0 Å². The van der Waals surface area contributed by atoms with Gasteiger partial charge in [0.15, 0.2) is 0 Å². The third-order valence-electron chi connectivity index (χ3n) is 4.04. The molecule has 0 saturated carbocycles. The Bertz CT molecular complexity index is 794. The number of fused-ring (bicyclic) bond motifs is 2. The maximum atomic E-state index is 5.56. The molecule has 4 nitrogen and oxygen atoms in total. The molecule has 1 unspecified atom stereocenters. The van der Waals surface area contributed by atoms with E-state index in [2.05, 4.69) is 52.8 Å². The Hall–Kier alpha value is -2.49. The zero-order valence-electron chi connectivity index (χ0n) is 11.9. The van der Waals surface area contributed by atoms with Gasteiger partial charge < -0.3 is 10.1 Å². The third-order valence-corrected chi connectivity index (χ3v) is 4.04. The molecule has 2 heterocycles. The highest BCUT2D eigenvalue weighted by Gasteiger charge is 2.14. The Labute approximate surface area is 123 Å². The second-order valence-electron chi connectivity index (χ2n) is 5.50. The molecule has 106 valence electrons. The first kappa shape index (κ1) is 12.3. The van der Waals surface area contributed by atoms with E-state index in [4.69, 9.17) is 4.74 Å². The van der Waals surface area contributed by atoms with Crippen molar-refractivity contribution < 1.29 is 4.74 Å². The van der Waals surface area contributed by atoms with Crippen molar-refractivity contribution in [2.75, 3.05) is 11.9 Å². The normalized spacial score (nSPS) is 14.7. The van der Waals surface area contributed by atoms with Crippen LogP contribution in [0.4, 0.5) is 5.69 Å². The number of benzene rings is 2. The minimum absolute atomic E-state index is 0.250. The van der Waals surface area contributed by atoms with Crippen molar-refractivity contribution in [3.05, 3.63) is 53.7 Å². The number of nitrogens with zero attached hydrogens (tertiary/aromatic N) is 1. The molecule has 4 heteroatoms. The molecule has 4 rings (SSSR count). The summed E-state index contributed by atoms with van der Waals surface area (Å²) >= 11 is 0. The van der Waals surface area contributed by atoms with Crippen LogP contribution in [0, 0.1) is 0 Å². The molecule has 3 aromatic rings. The largest absolute Gasteiger partial charge is 0.493 e. The van der Waals surface area contributed by atoms with Gasteiger partial charge in [-0.25, -0.2) is 0 Å². The predicted molar refractivity (Wildman–Crippen MR) is 83.8 cm³/mol. The second-order valence-corrected chi connectivity index (χ2v) is 5.50. The summed E-state index contributed by atoms with van der Waals surface area (Å²) < 4.78 is 5.56. The molecular weight excluding hydrogens is 262 g/mol. The summed E-state index contributed by atoms with van der Waals surface area (Å²) in [5.41, 5.74) is 4.76. The van der Waals surface area contributed by atoms with Crippen molar-refractivity contribution >= 4 is 16.6 Å². The van der Waals surface area contributed by atoms with Crippen molar-refractivity contribution in [3.63, 3.8) is 0 Å². The van der Waals surface area contributed by atoms with E-state index < -0.39 is 0 Å². The Morgan fingerprint density at radius 3 is 3.14 bits per heavy atom. The SMILES string of the molecule is CC(Nc1ccc2[nH]ncc2c1)c1ccc2c(c1)CCO2. The second kappa shape index (κ2) is 4.81. The van der Waals surface area contributed by atoms with Crippen LogP contribution < -0.4 is 10.1 Å².